The van der Waals surface area contributed by atoms with Crippen LogP contribution in [0.2, 0.25) is 0 Å². The number of aliphatic hydroxyl groups excluding tert-OH is 1. The third-order valence-electron chi connectivity index (χ3n) is 2.58. The molecule has 0 aliphatic rings. The molecule has 0 saturated heterocycles. The summed E-state index contributed by atoms with van der Waals surface area (Å²) in [6, 6.07) is 5.29. The maximum absolute atomic E-state index is 12.1. The van der Waals surface area contributed by atoms with Crippen LogP contribution >= 0.6 is 0 Å². The lowest BCUT2D eigenvalue weighted by Gasteiger charge is -2.11. The third kappa shape index (κ3) is 5.37. The molecule has 1 aromatic rings. The maximum atomic E-state index is 12.1. The lowest BCUT2D eigenvalue weighted by molar-refractivity contribution is -0.139. The summed E-state index contributed by atoms with van der Waals surface area (Å²) in [5.41, 5.74) is 0.549. The molecule has 0 amide bonds. The highest BCUT2D eigenvalue weighted by molar-refractivity contribution is 7.89. The fourth-order valence-corrected chi connectivity index (χ4v) is 2.44. The Morgan fingerprint density at radius 2 is 1.90 bits per heavy atom. The number of ether oxygens (including phenoxy) is 1. The molecule has 0 bridgehead atoms. The summed E-state index contributed by atoms with van der Waals surface area (Å²) in [5, 5.41) is 8.88. The zero-order valence-corrected chi connectivity index (χ0v) is 11.9. The van der Waals surface area contributed by atoms with Crippen LogP contribution in [0.3, 0.4) is 0 Å². The number of sulfonamides is 1. The van der Waals surface area contributed by atoms with Crippen LogP contribution in [0.4, 0.5) is 8.78 Å². The van der Waals surface area contributed by atoms with E-state index in [9.17, 15) is 22.0 Å². The molecule has 118 valence electrons. The lowest BCUT2D eigenvalue weighted by Crippen LogP contribution is -2.35. The van der Waals surface area contributed by atoms with Crippen molar-refractivity contribution >= 4 is 16.0 Å². The van der Waals surface area contributed by atoms with Crippen LogP contribution in [0, 0.1) is 0 Å². The monoisotopic (exact) mass is 323 g/mol. The molecule has 6 nitrogen and oxygen atoms in total. The summed E-state index contributed by atoms with van der Waals surface area (Å²) in [6.07, 6.45) is -5.11. The maximum Gasteiger partial charge on any atom is 0.309 e. The van der Waals surface area contributed by atoms with Crippen LogP contribution < -0.4 is 4.72 Å². The van der Waals surface area contributed by atoms with Gasteiger partial charge in [-0.2, -0.15) is 0 Å². The average Bonchev–Trinajstić information content (AvgIpc) is 2.45. The predicted octanol–water partition coefficient (Wildman–Crippen LogP) is 0.306. The number of hydrogen-bond donors (Lipinski definition) is 2. The minimum Gasteiger partial charge on any atom is -0.469 e. The van der Waals surface area contributed by atoms with E-state index in [1.807, 2.05) is 4.72 Å². The fraction of sp³-hybridized carbons (Fsp3) is 0.417. The standard InChI is InChI=1S/C12H15F2NO5S/c1-20-11(17)6-8-2-4-9(5-3-8)21(18,19)15-7-10(16)12(13)14/h2-5,10,12,15-16H,6-7H2,1H3. The Bertz CT molecular complexity index is 574. The van der Waals surface area contributed by atoms with Gasteiger partial charge in [-0.05, 0) is 17.7 Å². The van der Waals surface area contributed by atoms with E-state index in [4.69, 9.17) is 5.11 Å². The Morgan fingerprint density at radius 1 is 1.33 bits per heavy atom. The minimum atomic E-state index is -4.00. The van der Waals surface area contributed by atoms with Gasteiger partial charge in [0, 0.05) is 6.54 Å². The molecule has 1 atom stereocenters. The second-order valence-electron chi connectivity index (χ2n) is 4.15. The molecular formula is C12H15F2NO5S. The van der Waals surface area contributed by atoms with Crippen molar-refractivity contribution in [3.05, 3.63) is 29.8 Å². The highest BCUT2D eigenvalue weighted by Crippen LogP contribution is 2.12. The second-order valence-corrected chi connectivity index (χ2v) is 5.92. The van der Waals surface area contributed by atoms with E-state index in [0.29, 0.717) is 5.56 Å². The number of carbonyl (C=O) groups excluding carboxylic acids is 1. The molecule has 1 unspecified atom stereocenters. The Balaban J connectivity index is 2.73. The van der Waals surface area contributed by atoms with Crippen molar-refractivity contribution in [2.45, 2.75) is 23.8 Å². The highest BCUT2D eigenvalue weighted by Gasteiger charge is 2.21. The Hall–Kier alpha value is -1.58. The van der Waals surface area contributed by atoms with Crippen LogP contribution in [-0.2, 0) is 26.0 Å². The smallest absolute Gasteiger partial charge is 0.309 e. The largest absolute Gasteiger partial charge is 0.469 e. The third-order valence-corrected chi connectivity index (χ3v) is 4.02. The van der Waals surface area contributed by atoms with E-state index in [1.165, 1.54) is 31.4 Å². The molecule has 0 saturated carbocycles. The Kier molecular flexibility index (Phi) is 6.19. The topological polar surface area (TPSA) is 92.7 Å². The molecule has 21 heavy (non-hydrogen) atoms. The number of esters is 1. The van der Waals surface area contributed by atoms with Crippen molar-refractivity contribution in [2.75, 3.05) is 13.7 Å². The van der Waals surface area contributed by atoms with Gasteiger partial charge in [-0.1, -0.05) is 12.1 Å². The predicted molar refractivity (Wildman–Crippen MR) is 69.4 cm³/mol. The first-order valence-electron chi connectivity index (χ1n) is 5.88. The van der Waals surface area contributed by atoms with Gasteiger partial charge in [-0.25, -0.2) is 21.9 Å². The van der Waals surface area contributed by atoms with Gasteiger partial charge in [0.25, 0.3) is 6.43 Å². The summed E-state index contributed by atoms with van der Waals surface area (Å²) in [4.78, 5) is 10.9. The molecular weight excluding hydrogens is 308 g/mol. The zero-order chi connectivity index (χ0) is 16.0. The first-order valence-corrected chi connectivity index (χ1v) is 7.36. The zero-order valence-electron chi connectivity index (χ0n) is 11.1. The van der Waals surface area contributed by atoms with Crippen molar-refractivity contribution in [3.8, 4) is 0 Å². The van der Waals surface area contributed by atoms with Crippen LogP contribution in [0.5, 0.6) is 0 Å². The molecule has 1 rings (SSSR count). The van der Waals surface area contributed by atoms with Gasteiger partial charge < -0.3 is 9.84 Å². The summed E-state index contributed by atoms with van der Waals surface area (Å²) in [7, 11) is -2.76. The fourth-order valence-electron chi connectivity index (χ4n) is 1.39. The first-order chi connectivity index (χ1) is 9.76. The summed E-state index contributed by atoms with van der Waals surface area (Å²) >= 11 is 0. The van der Waals surface area contributed by atoms with E-state index in [0.717, 1.165) is 0 Å². The Labute approximate surface area is 120 Å². The van der Waals surface area contributed by atoms with E-state index in [-0.39, 0.29) is 11.3 Å². The van der Waals surface area contributed by atoms with Crippen LogP contribution in [0.1, 0.15) is 5.56 Å². The van der Waals surface area contributed by atoms with Gasteiger partial charge in [-0.3, -0.25) is 4.79 Å². The number of benzene rings is 1. The van der Waals surface area contributed by atoms with E-state index in [2.05, 4.69) is 4.74 Å². The van der Waals surface area contributed by atoms with Crippen LogP contribution in [0.25, 0.3) is 0 Å². The molecule has 1 aromatic carbocycles. The number of nitrogens with one attached hydrogen (secondary N) is 1. The molecule has 0 heterocycles. The molecule has 2 N–H and O–H groups in total. The minimum absolute atomic E-state index is 0.00560. The van der Waals surface area contributed by atoms with E-state index < -0.39 is 35.1 Å². The number of methoxy groups -OCH3 is 1. The van der Waals surface area contributed by atoms with Crippen molar-refractivity contribution in [2.24, 2.45) is 0 Å². The van der Waals surface area contributed by atoms with Gasteiger partial charge >= 0.3 is 5.97 Å². The molecule has 0 aliphatic heterocycles. The van der Waals surface area contributed by atoms with Gasteiger partial charge in [-0.15, -0.1) is 0 Å². The van der Waals surface area contributed by atoms with Crippen LogP contribution in [0.15, 0.2) is 29.2 Å². The lowest BCUT2D eigenvalue weighted by atomic mass is 10.2. The average molecular weight is 323 g/mol. The number of hydrogen-bond acceptors (Lipinski definition) is 5. The van der Waals surface area contributed by atoms with Gasteiger partial charge in [0.15, 0.2) is 0 Å². The Morgan fingerprint density at radius 3 is 2.38 bits per heavy atom. The molecule has 9 heteroatoms. The van der Waals surface area contributed by atoms with Gasteiger partial charge in [0.1, 0.15) is 6.10 Å². The number of aliphatic hydroxyl groups is 1. The van der Waals surface area contributed by atoms with E-state index >= 15 is 0 Å². The molecule has 0 radical (unpaired) electrons. The summed E-state index contributed by atoms with van der Waals surface area (Å²) < 4.78 is 54.1. The summed E-state index contributed by atoms with van der Waals surface area (Å²) in [5.74, 6) is -0.469. The van der Waals surface area contributed by atoms with Gasteiger partial charge in [0.05, 0.1) is 18.4 Å². The molecule has 0 aliphatic carbocycles. The van der Waals surface area contributed by atoms with Gasteiger partial charge in [0.2, 0.25) is 10.0 Å². The first kappa shape index (κ1) is 17.5. The molecule has 0 aromatic heterocycles. The van der Waals surface area contributed by atoms with Crippen molar-refractivity contribution < 1.29 is 31.8 Å². The molecule has 0 fully saturated rings. The van der Waals surface area contributed by atoms with Crippen molar-refractivity contribution in [1.29, 1.82) is 0 Å². The number of alkyl halides is 2. The van der Waals surface area contributed by atoms with Crippen molar-refractivity contribution in [1.82, 2.24) is 4.72 Å². The summed E-state index contributed by atoms with van der Waals surface area (Å²) in [6.45, 7) is -0.788. The number of rotatable bonds is 7. The number of halogens is 2. The normalized spacial score (nSPS) is 13.2. The van der Waals surface area contributed by atoms with Crippen LogP contribution in [-0.4, -0.2) is 45.7 Å². The van der Waals surface area contributed by atoms with Crippen molar-refractivity contribution in [3.63, 3.8) is 0 Å². The quantitative estimate of drug-likeness (QED) is 0.704. The second kappa shape index (κ2) is 7.43. The molecule has 0 spiro atoms. The highest BCUT2D eigenvalue weighted by atomic mass is 32.2. The SMILES string of the molecule is COC(=O)Cc1ccc(S(=O)(=O)NCC(O)C(F)F)cc1. The van der Waals surface area contributed by atoms with E-state index in [1.54, 1.807) is 0 Å². The number of carbonyl (C=O) groups is 1.